The molecule has 1 saturated heterocycles. The highest BCUT2D eigenvalue weighted by Gasteiger charge is 2.27. The van der Waals surface area contributed by atoms with Crippen LogP contribution in [0.4, 0.5) is 4.79 Å². The zero-order chi connectivity index (χ0) is 19.2. The van der Waals surface area contributed by atoms with E-state index in [-0.39, 0.29) is 17.9 Å². The molecule has 0 aliphatic carbocycles. The van der Waals surface area contributed by atoms with Crippen molar-refractivity contribution in [1.29, 1.82) is 0 Å². The Hall–Kier alpha value is -2.08. The maximum atomic E-state index is 12.5. The van der Waals surface area contributed by atoms with Crippen LogP contribution in [0, 0.1) is 5.92 Å². The number of carbonyl (C=O) groups excluding carboxylic acids is 2. The van der Waals surface area contributed by atoms with Gasteiger partial charge >= 0.3 is 6.09 Å². The van der Waals surface area contributed by atoms with Gasteiger partial charge in [-0.1, -0.05) is 18.2 Å². The predicted molar refractivity (Wildman–Crippen MR) is 100 cm³/mol. The van der Waals surface area contributed by atoms with Crippen molar-refractivity contribution in [2.24, 2.45) is 5.92 Å². The maximum absolute atomic E-state index is 12.5. The molecule has 0 spiro atoms. The minimum absolute atomic E-state index is 0.105. The third-order valence-corrected chi connectivity index (χ3v) is 4.28. The third-order valence-electron chi connectivity index (χ3n) is 4.28. The highest BCUT2D eigenvalue weighted by atomic mass is 16.6. The van der Waals surface area contributed by atoms with Gasteiger partial charge in [0, 0.05) is 32.3 Å². The molecule has 1 aromatic rings. The highest BCUT2D eigenvalue weighted by molar-refractivity contribution is 5.95. The number of rotatable bonds is 5. The highest BCUT2D eigenvalue weighted by Crippen LogP contribution is 2.19. The fourth-order valence-electron chi connectivity index (χ4n) is 3.08. The molecule has 1 unspecified atom stereocenters. The fraction of sp³-hybridized carbons (Fsp3) is 0.600. The molecule has 1 aromatic carbocycles. The molecule has 0 bridgehead atoms. The number of carbonyl (C=O) groups is 2. The fourth-order valence-corrected chi connectivity index (χ4v) is 3.08. The average Bonchev–Trinajstić information content (AvgIpc) is 2.59. The van der Waals surface area contributed by atoms with Crippen molar-refractivity contribution >= 4 is 12.0 Å². The number of nitrogens with one attached hydrogen (secondary N) is 1. The molecule has 0 aromatic heterocycles. The number of methoxy groups -OCH3 is 1. The first-order valence-corrected chi connectivity index (χ1v) is 9.13. The quantitative estimate of drug-likeness (QED) is 0.873. The summed E-state index contributed by atoms with van der Waals surface area (Å²) in [4.78, 5) is 26.5. The van der Waals surface area contributed by atoms with E-state index in [1.807, 2.05) is 39.0 Å². The summed E-state index contributed by atoms with van der Waals surface area (Å²) in [5, 5.41) is 3.00. The standard InChI is InChI=1S/C20H30N2O4/c1-20(2,3)26-19(24)22-11-7-8-15(13-22)12-21-18(23)17-10-6-5-9-16(17)14-25-4/h5-6,9-10,15H,7-8,11-14H2,1-4H3,(H,21,23). The Morgan fingerprint density at radius 3 is 2.69 bits per heavy atom. The van der Waals surface area contributed by atoms with E-state index in [1.165, 1.54) is 0 Å². The molecule has 1 aliphatic heterocycles. The number of ether oxygens (including phenoxy) is 2. The van der Waals surface area contributed by atoms with E-state index in [0.29, 0.717) is 31.8 Å². The van der Waals surface area contributed by atoms with Crippen LogP contribution in [0.25, 0.3) is 0 Å². The van der Waals surface area contributed by atoms with Gasteiger partial charge in [0.2, 0.25) is 0 Å². The Kier molecular flexibility index (Phi) is 7.03. The van der Waals surface area contributed by atoms with E-state index < -0.39 is 5.60 Å². The summed E-state index contributed by atoms with van der Waals surface area (Å²) in [6, 6.07) is 7.44. The van der Waals surface area contributed by atoms with Crippen LogP contribution in [0.5, 0.6) is 0 Å². The summed E-state index contributed by atoms with van der Waals surface area (Å²) in [7, 11) is 1.61. The summed E-state index contributed by atoms with van der Waals surface area (Å²) < 4.78 is 10.6. The lowest BCUT2D eigenvalue weighted by Gasteiger charge is -2.34. The van der Waals surface area contributed by atoms with E-state index in [2.05, 4.69) is 5.32 Å². The Morgan fingerprint density at radius 1 is 1.27 bits per heavy atom. The van der Waals surface area contributed by atoms with Crippen LogP contribution in [0.2, 0.25) is 0 Å². The van der Waals surface area contributed by atoms with Gasteiger partial charge < -0.3 is 19.7 Å². The Labute approximate surface area is 155 Å². The SMILES string of the molecule is COCc1ccccc1C(=O)NCC1CCCN(C(=O)OC(C)(C)C)C1. The molecule has 6 heteroatoms. The molecule has 0 saturated carbocycles. The van der Waals surface area contributed by atoms with E-state index >= 15 is 0 Å². The zero-order valence-corrected chi connectivity index (χ0v) is 16.2. The molecule has 1 atom stereocenters. The largest absolute Gasteiger partial charge is 0.444 e. The van der Waals surface area contributed by atoms with Crippen LogP contribution < -0.4 is 5.32 Å². The molecule has 1 aliphatic rings. The smallest absolute Gasteiger partial charge is 0.410 e. The van der Waals surface area contributed by atoms with E-state index in [9.17, 15) is 9.59 Å². The molecule has 0 radical (unpaired) electrons. The molecule has 1 N–H and O–H groups in total. The van der Waals surface area contributed by atoms with Crippen molar-refractivity contribution in [3.05, 3.63) is 35.4 Å². The first-order chi connectivity index (χ1) is 12.3. The van der Waals surface area contributed by atoms with Crippen molar-refractivity contribution in [2.45, 2.75) is 45.8 Å². The lowest BCUT2D eigenvalue weighted by atomic mass is 9.98. The van der Waals surface area contributed by atoms with Crippen LogP contribution in [-0.2, 0) is 16.1 Å². The molecule has 144 valence electrons. The lowest BCUT2D eigenvalue weighted by Crippen LogP contribution is -2.45. The van der Waals surface area contributed by atoms with Crippen LogP contribution in [-0.4, -0.2) is 49.2 Å². The van der Waals surface area contributed by atoms with Crippen molar-refractivity contribution in [1.82, 2.24) is 10.2 Å². The molecule has 2 amide bonds. The number of hydrogen-bond donors (Lipinski definition) is 1. The molecule has 6 nitrogen and oxygen atoms in total. The van der Waals surface area contributed by atoms with E-state index in [4.69, 9.17) is 9.47 Å². The van der Waals surface area contributed by atoms with Crippen molar-refractivity contribution in [2.75, 3.05) is 26.7 Å². The summed E-state index contributed by atoms with van der Waals surface area (Å²) >= 11 is 0. The molecular formula is C20H30N2O4. The Bertz CT molecular complexity index is 624. The summed E-state index contributed by atoms with van der Waals surface area (Å²) in [6.07, 6.45) is 1.62. The molecule has 1 heterocycles. The van der Waals surface area contributed by atoms with Gasteiger partial charge in [0.05, 0.1) is 6.61 Å². The molecule has 1 fully saturated rings. The Morgan fingerprint density at radius 2 is 2.00 bits per heavy atom. The number of hydrogen-bond acceptors (Lipinski definition) is 4. The van der Waals surface area contributed by atoms with Crippen LogP contribution >= 0.6 is 0 Å². The van der Waals surface area contributed by atoms with Crippen LogP contribution in [0.3, 0.4) is 0 Å². The van der Waals surface area contributed by atoms with Crippen LogP contribution in [0.15, 0.2) is 24.3 Å². The topological polar surface area (TPSA) is 67.9 Å². The van der Waals surface area contributed by atoms with Crippen molar-refractivity contribution < 1.29 is 19.1 Å². The zero-order valence-electron chi connectivity index (χ0n) is 16.2. The van der Waals surface area contributed by atoms with Gasteiger partial charge in [0.1, 0.15) is 5.60 Å². The van der Waals surface area contributed by atoms with Gasteiger partial charge in [-0.05, 0) is 51.2 Å². The third kappa shape index (κ3) is 6.02. The number of amides is 2. The second kappa shape index (κ2) is 9.03. The number of nitrogens with zero attached hydrogens (tertiary/aromatic N) is 1. The minimum atomic E-state index is -0.497. The summed E-state index contributed by atoms with van der Waals surface area (Å²) in [5.74, 6) is 0.127. The second-order valence-electron chi connectivity index (χ2n) is 7.73. The second-order valence-corrected chi connectivity index (χ2v) is 7.73. The first kappa shape index (κ1) is 20.2. The van der Waals surface area contributed by atoms with E-state index in [1.54, 1.807) is 18.1 Å². The van der Waals surface area contributed by atoms with Gasteiger partial charge in [-0.2, -0.15) is 0 Å². The summed E-state index contributed by atoms with van der Waals surface area (Å²) in [6.45, 7) is 7.85. The van der Waals surface area contributed by atoms with Gasteiger partial charge in [-0.3, -0.25) is 4.79 Å². The lowest BCUT2D eigenvalue weighted by molar-refractivity contribution is 0.0167. The predicted octanol–water partition coefficient (Wildman–Crippen LogP) is 3.21. The summed E-state index contributed by atoms with van der Waals surface area (Å²) in [5.41, 5.74) is 1.00. The Balaban J connectivity index is 1.89. The monoisotopic (exact) mass is 362 g/mol. The van der Waals surface area contributed by atoms with Gasteiger partial charge in [0.15, 0.2) is 0 Å². The number of piperidine rings is 1. The number of benzene rings is 1. The first-order valence-electron chi connectivity index (χ1n) is 9.13. The van der Waals surface area contributed by atoms with Gasteiger partial charge in [-0.25, -0.2) is 4.79 Å². The van der Waals surface area contributed by atoms with Crippen molar-refractivity contribution in [3.63, 3.8) is 0 Å². The van der Waals surface area contributed by atoms with Gasteiger partial charge in [-0.15, -0.1) is 0 Å². The molecular weight excluding hydrogens is 332 g/mol. The maximum Gasteiger partial charge on any atom is 0.410 e. The average molecular weight is 362 g/mol. The molecule has 2 rings (SSSR count). The van der Waals surface area contributed by atoms with Crippen molar-refractivity contribution in [3.8, 4) is 0 Å². The van der Waals surface area contributed by atoms with Crippen LogP contribution in [0.1, 0.15) is 49.5 Å². The normalized spacial score (nSPS) is 17.7. The van der Waals surface area contributed by atoms with E-state index in [0.717, 1.165) is 18.4 Å². The molecule has 26 heavy (non-hydrogen) atoms. The minimum Gasteiger partial charge on any atom is -0.444 e. The van der Waals surface area contributed by atoms with Gasteiger partial charge in [0.25, 0.3) is 5.91 Å². The number of likely N-dealkylation sites (tertiary alicyclic amines) is 1.